The molecule has 2 amide bonds. The quantitative estimate of drug-likeness (QED) is 0.831. The van der Waals surface area contributed by atoms with Gasteiger partial charge in [0.15, 0.2) is 5.17 Å². The van der Waals surface area contributed by atoms with Crippen molar-refractivity contribution < 1.29 is 9.59 Å². The normalized spacial score (nSPS) is 19.4. The second kappa shape index (κ2) is 8.72. The molecule has 1 aromatic carbocycles. The Labute approximate surface area is 141 Å². The fourth-order valence-corrected chi connectivity index (χ4v) is 3.69. The molecule has 0 aromatic heterocycles. The fraction of sp³-hybridized carbons (Fsp3) is 0.471. The van der Waals surface area contributed by atoms with E-state index in [1.54, 1.807) is 4.90 Å². The highest BCUT2D eigenvalue weighted by molar-refractivity contribution is 8.15. The van der Waals surface area contributed by atoms with Crippen LogP contribution in [-0.4, -0.2) is 46.8 Å². The minimum absolute atomic E-state index is 0.0112. The number of carbonyl (C=O) groups excluding carboxylic acids is 2. The van der Waals surface area contributed by atoms with Gasteiger partial charge in [-0.25, -0.2) is 0 Å². The molecule has 1 fully saturated rings. The highest BCUT2D eigenvalue weighted by atomic mass is 32.2. The minimum atomic E-state index is -0.350. The third-order valence-electron chi connectivity index (χ3n) is 3.58. The predicted molar refractivity (Wildman–Crippen MR) is 94.5 cm³/mol. The van der Waals surface area contributed by atoms with Crippen LogP contribution in [0, 0.1) is 0 Å². The minimum Gasteiger partial charge on any atom is -0.356 e. The Balaban J connectivity index is 1.81. The Morgan fingerprint density at radius 3 is 2.70 bits per heavy atom. The van der Waals surface area contributed by atoms with Gasteiger partial charge in [-0.05, 0) is 25.8 Å². The van der Waals surface area contributed by atoms with Crippen LogP contribution in [0.1, 0.15) is 25.8 Å². The van der Waals surface area contributed by atoms with Crippen molar-refractivity contribution in [2.75, 3.05) is 19.6 Å². The Morgan fingerprint density at radius 1 is 1.30 bits per heavy atom. The van der Waals surface area contributed by atoms with Crippen molar-refractivity contribution in [3.05, 3.63) is 35.9 Å². The van der Waals surface area contributed by atoms with E-state index in [0.717, 1.165) is 11.6 Å². The van der Waals surface area contributed by atoms with Gasteiger partial charge in [-0.1, -0.05) is 42.1 Å². The Bertz CT molecular complexity index is 574. The maximum Gasteiger partial charge on any atom is 0.242 e. The number of amidine groups is 1. The first kappa shape index (κ1) is 17.5. The molecule has 1 aliphatic rings. The van der Waals surface area contributed by atoms with E-state index < -0.39 is 0 Å². The van der Waals surface area contributed by atoms with Crippen molar-refractivity contribution >= 4 is 28.7 Å². The number of amides is 2. The number of hydrogen-bond acceptors (Lipinski definition) is 4. The van der Waals surface area contributed by atoms with Crippen LogP contribution in [0.15, 0.2) is 35.3 Å². The lowest BCUT2D eigenvalue weighted by Crippen LogP contribution is -2.35. The van der Waals surface area contributed by atoms with Gasteiger partial charge < -0.3 is 5.32 Å². The summed E-state index contributed by atoms with van der Waals surface area (Å²) in [6.07, 6.45) is 0.999. The standard InChI is InChI=1S/C17H23N3O2S/c1-3-18-17-20(4-2)16(22)14(23-17)12-15(21)19-11-10-13-8-6-5-7-9-13/h5-9,14H,3-4,10-12H2,1-2H3,(H,19,21)/t14-/m0/s1. The molecule has 1 aliphatic heterocycles. The van der Waals surface area contributed by atoms with Crippen LogP contribution in [-0.2, 0) is 16.0 Å². The van der Waals surface area contributed by atoms with Crippen LogP contribution in [0.5, 0.6) is 0 Å². The highest BCUT2D eigenvalue weighted by Crippen LogP contribution is 2.29. The highest BCUT2D eigenvalue weighted by Gasteiger charge is 2.37. The third kappa shape index (κ3) is 4.82. The summed E-state index contributed by atoms with van der Waals surface area (Å²) in [4.78, 5) is 30.4. The van der Waals surface area contributed by atoms with Gasteiger partial charge in [0, 0.05) is 26.1 Å². The van der Waals surface area contributed by atoms with E-state index in [0.29, 0.717) is 19.6 Å². The first-order valence-corrected chi connectivity index (χ1v) is 8.86. The monoisotopic (exact) mass is 333 g/mol. The van der Waals surface area contributed by atoms with Gasteiger partial charge in [-0.15, -0.1) is 0 Å². The molecule has 0 aliphatic carbocycles. The van der Waals surface area contributed by atoms with E-state index in [1.165, 1.54) is 17.3 Å². The lowest BCUT2D eigenvalue weighted by Gasteiger charge is -2.13. The molecule has 0 bridgehead atoms. The van der Waals surface area contributed by atoms with Gasteiger partial charge >= 0.3 is 0 Å². The van der Waals surface area contributed by atoms with Crippen LogP contribution >= 0.6 is 11.8 Å². The number of aliphatic imine (C=N–C) groups is 1. The number of rotatable bonds is 7. The number of benzene rings is 1. The molecule has 2 rings (SSSR count). The average molecular weight is 333 g/mol. The van der Waals surface area contributed by atoms with E-state index in [-0.39, 0.29) is 23.5 Å². The zero-order valence-corrected chi connectivity index (χ0v) is 14.4. The van der Waals surface area contributed by atoms with Gasteiger partial charge in [0.05, 0.1) is 0 Å². The molecule has 23 heavy (non-hydrogen) atoms. The number of thioether (sulfide) groups is 1. The molecule has 1 heterocycles. The maximum absolute atomic E-state index is 12.3. The molecule has 1 atom stereocenters. The first-order valence-electron chi connectivity index (χ1n) is 7.98. The van der Waals surface area contributed by atoms with Crippen LogP contribution in [0.25, 0.3) is 0 Å². The lowest BCUT2D eigenvalue weighted by atomic mass is 10.1. The molecule has 124 valence electrons. The second-order valence-corrected chi connectivity index (χ2v) is 6.41. The topological polar surface area (TPSA) is 61.8 Å². The summed E-state index contributed by atoms with van der Waals surface area (Å²) in [7, 11) is 0. The molecule has 5 nitrogen and oxygen atoms in total. The van der Waals surface area contributed by atoms with Crippen molar-refractivity contribution in [2.24, 2.45) is 4.99 Å². The Hall–Kier alpha value is -1.82. The molecule has 0 radical (unpaired) electrons. The molecule has 1 aromatic rings. The SMILES string of the molecule is CCN=C1S[C@@H](CC(=O)NCCc2ccccc2)C(=O)N1CC. The fourth-order valence-electron chi connectivity index (χ4n) is 2.42. The Kier molecular flexibility index (Phi) is 6.65. The van der Waals surface area contributed by atoms with E-state index in [9.17, 15) is 9.59 Å². The summed E-state index contributed by atoms with van der Waals surface area (Å²) in [6, 6.07) is 10.0. The van der Waals surface area contributed by atoms with E-state index in [1.807, 2.05) is 44.2 Å². The van der Waals surface area contributed by atoms with E-state index >= 15 is 0 Å². The van der Waals surface area contributed by atoms with Gasteiger partial charge in [0.1, 0.15) is 5.25 Å². The third-order valence-corrected chi connectivity index (χ3v) is 4.79. The van der Waals surface area contributed by atoms with Crippen LogP contribution < -0.4 is 5.32 Å². The van der Waals surface area contributed by atoms with Crippen LogP contribution in [0.2, 0.25) is 0 Å². The van der Waals surface area contributed by atoms with Crippen molar-refractivity contribution in [3.8, 4) is 0 Å². The number of hydrogen-bond donors (Lipinski definition) is 1. The van der Waals surface area contributed by atoms with Gasteiger partial charge in [-0.3, -0.25) is 19.5 Å². The zero-order chi connectivity index (χ0) is 16.7. The van der Waals surface area contributed by atoms with Crippen LogP contribution in [0.3, 0.4) is 0 Å². The van der Waals surface area contributed by atoms with E-state index in [2.05, 4.69) is 10.3 Å². The van der Waals surface area contributed by atoms with Gasteiger partial charge in [0.2, 0.25) is 11.8 Å². The molecular formula is C17H23N3O2S. The van der Waals surface area contributed by atoms with Crippen molar-refractivity contribution in [3.63, 3.8) is 0 Å². The van der Waals surface area contributed by atoms with Crippen molar-refractivity contribution in [1.29, 1.82) is 0 Å². The maximum atomic E-state index is 12.3. The molecule has 6 heteroatoms. The lowest BCUT2D eigenvalue weighted by molar-refractivity contribution is -0.129. The summed E-state index contributed by atoms with van der Waals surface area (Å²) < 4.78 is 0. The van der Waals surface area contributed by atoms with Gasteiger partial charge in [0.25, 0.3) is 0 Å². The van der Waals surface area contributed by atoms with Gasteiger partial charge in [-0.2, -0.15) is 0 Å². The summed E-state index contributed by atoms with van der Waals surface area (Å²) in [5, 5.41) is 3.28. The number of nitrogens with zero attached hydrogens (tertiary/aromatic N) is 2. The summed E-state index contributed by atoms with van der Waals surface area (Å²) in [6.45, 7) is 5.68. The molecule has 0 spiro atoms. The van der Waals surface area contributed by atoms with Crippen molar-refractivity contribution in [2.45, 2.75) is 31.9 Å². The second-order valence-electron chi connectivity index (χ2n) is 5.24. The zero-order valence-electron chi connectivity index (χ0n) is 13.6. The molecule has 0 unspecified atom stereocenters. The Morgan fingerprint density at radius 2 is 2.04 bits per heavy atom. The summed E-state index contributed by atoms with van der Waals surface area (Å²) in [5.41, 5.74) is 1.19. The number of nitrogens with one attached hydrogen (secondary N) is 1. The average Bonchev–Trinajstić information content (AvgIpc) is 2.84. The van der Waals surface area contributed by atoms with Crippen LogP contribution in [0.4, 0.5) is 0 Å². The number of carbonyl (C=O) groups is 2. The summed E-state index contributed by atoms with van der Waals surface area (Å²) >= 11 is 1.40. The largest absolute Gasteiger partial charge is 0.356 e. The van der Waals surface area contributed by atoms with Crippen molar-refractivity contribution in [1.82, 2.24) is 10.2 Å². The smallest absolute Gasteiger partial charge is 0.242 e. The molecule has 1 N–H and O–H groups in total. The molecule has 1 saturated heterocycles. The predicted octanol–water partition coefficient (Wildman–Crippen LogP) is 2.08. The van der Waals surface area contributed by atoms with E-state index in [4.69, 9.17) is 0 Å². The molecule has 0 saturated carbocycles. The summed E-state index contributed by atoms with van der Waals surface area (Å²) in [5.74, 6) is -0.0940. The molecular weight excluding hydrogens is 310 g/mol. The first-order chi connectivity index (χ1) is 11.2.